The van der Waals surface area contributed by atoms with Gasteiger partial charge in [-0.3, -0.25) is 0 Å². The molecule has 2 unspecified atom stereocenters. The van der Waals surface area contributed by atoms with Crippen molar-refractivity contribution in [1.29, 1.82) is 0 Å². The van der Waals surface area contributed by atoms with E-state index in [1.165, 1.54) is 19.3 Å². The molecule has 0 aliphatic heterocycles. The fraction of sp³-hybridized carbons (Fsp3) is 0.778. The van der Waals surface area contributed by atoms with Crippen molar-refractivity contribution in [3.63, 3.8) is 0 Å². The Hall–Kier alpha value is 0.883. The van der Waals surface area contributed by atoms with Crippen molar-refractivity contribution in [1.82, 2.24) is 0 Å². The first-order chi connectivity index (χ1) is 4.40. The summed E-state index contributed by atoms with van der Waals surface area (Å²) in [6, 6.07) is 0. The molecule has 10 heavy (non-hydrogen) atoms. The summed E-state index contributed by atoms with van der Waals surface area (Å²) < 4.78 is 0. The second kappa shape index (κ2) is 3.52. The van der Waals surface area contributed by atoms with E-state index in [9.17, 15) is 0 Å². The summed E-state index contributed by atoms with van der Waals surface area (Å²) >= 11 is 0. The van der Waals surface area contributed by atoms with E-state index >= 15 is 0 Å². The SMILES string of the molecule is [CH2-]C[C@H]1[CH-]C2CCC1C2.[Zr+2]. The maximum absolute atomic E-state index is 3.96. The number of fused-ring (bicyclic) bond motifs is 2. The molecule has 2 fully saturated rings. The molecule has 0 N–H and O–H groups in total. The van der Waals surface area contributed by atoms with Crippen molar-refractivity contribution in [2.24, 2.45) is 17.8 Å². The fourth-order valence-corrected chi connectivity index (χ4v) is 2.46. The van der Waals surface area contributed by atoms with Crippen LogP contribution < -0.4 is 0 Å². The molecule has 0 aromatic heterocycles. The van der Waals surface area contributed by atoms with Crippen molar-refractivity contribution in [2.75, 3.05) is 0 Å². The minimum Gasteiger partial charge on any atom is -0.345 e. The summed E-state index contributed by atoms with van der Waals surface area (Å²) in [5.41, 5.74) is 0. The Morgan fingerprint density at radius 1 is 1.40 bits per heavy atom. The normalized spacial score (nSPS) is 43.5. The largest absolute Gasteiger partial charge is 2.00 e. The summed E-state index contributed by atoms with van der Waals surface area (Å²) in [5.74, 6) is 2.91. The Bertz CT molecular complexity index is 111. The number of hydrogen-bond donors (Lipinski definition) is 0. The van der Waals surface area contributed by atoms with Gasteiger partial charge in [-0.15, -0.1) is 0 Å². The van der Waals surface area contributed by atoms with Gasteiger partial charge in [-0.1, -0.05) is 25.2 Å². The van der Waals surface area contributed by atoms with E-state index in [0.29, 0.717) is 0 Å². The molecular formula is C9H14Zr. The molecule has 0 aromatic rings. The third-order valence-electron chi connectivity index (χ3n) is 2.97. The van der Waals surface area contributed by atoms with Gasteiger partial charge in [0.05, 0.1) is 0 Å². The van der Waals surface area contributed by atoms with E-state index < -0.39 is 0 Å². The fourth-order valence-electron chi connectivity index (χ4n) is 2.46. The van der Waals surface area contributed by atoms with Gasteiger partial charge in [0, 0.05) is 0 Å². The van der Waals surface area contributed by atoms with E-state index in [1.54, 1.807) is 0 Å². The van der Waals surface area contributed by atoms with Crippen LogP contribution in [0.4, 0.5) is 0 Å². The van der Waals surface area contributed by atoms with Gasteiger partial charge < -0.3 is 13.3 Å². The minimum absolute atomic E-state index is 0. The molecule has 0 radical (unpaired) electrons. The Morgan fingerprint density at radius 2 is 2.20 bits per heavy atom. The summed E-state index contributed by atoms with van der Waals surface area (Å²) in [4.78, 5) is 0. The molecule has 3 atom stereocenters. The van der Waals surface area contributed by atoms with Crippen LogP contribution in [0.15, 0.2) is 0 Å². The number of hydrogen-bond acceptors (Lipinski definition) is 0. The quantitative estimate of drug-likeness (QED) is 0.587. The first-order valence-electron chi connectivity index (χ1n) is 4.04. The van der Waals surface area contributed by atoms with E-state index in [2.05, 4.69) is 13.3 Å². The topological polar surface area (TPSA) is 0 Å². The van der Waals surface area contributed by atoms with Gasteiger partial charge in [-0.05, 0) is 0 Å². The number of rotatable bonds is 1. The van der Waals surface area contributed by atoms with Gasteiger partial charge in [-0.25, -0.2) is 6.42 Å². The Labute approximate surface area is 82.9 Å². The van der Waals surface area contributed by atoms with Gasteiger partial charge in [0.25, 0.3) is 0 Å². The monoisotopic (exact) mass is 212 g/mol. The Kier molecular flexibility index (Phi) is 3.16. The summed E-state index contributed by atoms with van der Waals surface area (Å²) in [6.07, 6.45) is 8.13. The first kappa shape index (κ1) is 8.98. The van der Waals surface area contributed by atoms with Crippen molar-refractivity contribution in [3.05, 3.63) is 13.3 Å². The van der Waals surface area contributed by atoms with Crippen LogP contribution in [0.5, 0.6) is 0 Å². The third kappa shape index (κ3) is 1.40. The molecule has 2 saturated carbocycles. The summed E-state index contributed by atoms with van der Waals surface area (Å²) in [7, 11) is 0. The first-order valence-corrected chi connectivity index (χ1v) is 4.04. The molecular weight excluding hydrogens is 199 g/mol. The average molecular weight is 213 g/mol. The molecule has 0 aromatic carbocycles. The van der Waals surface area contributed by atoms with Crippen molar-refractivity contribution in [3.8, 4) is 0 Å². The van der Waals surface area contributed by atoms with E-state index in [4.69, 9.17) is 0 Å². The van der Waals surface area contributed by atoms with Gasteiger partial charge in [-0.2, -0.15) is 11.8 Å². The minimum atomic E-state index is 0. The predicted octanol–water partition coefficient (Wildman–Crippen LogP) is 2.46. The molecule has 0 amide bonds. The molecule has 1 heteroatoms. The Morgan fingerprint density at radius 3 is 2.50 bits per heavy atom. The van der Waals surface area contributed by atoms with Gasteiger partial charge in [0.1, 0.15) is 0 Å². The molecule has 2 aliphatic rings. The maximum Gasteiger partial charge on any atom is 2.00 e. The van der Waals surface area contributed by atoms with E-state index in [-0.39, 0.29) is 26.2 Å². The average Bonchev–Trinajstić information content (AvgIpc) is 2.45. The third-order valence-corrected chi connectivity index (χ3v) is 2.97. The van der Waals surface area contributed by atoms with Crippen LogP contribution in [0.2, 0.25) is 0 Å². The van der Waals surface area contributed by atoms with Crippen LogP contribution in [0.3, 0.4) is 0 Å². The molecule has 2 aliphatic carbocycles. The molecule has 0 spiro atoms. The van der Waals surface area contributed by atoms with Crippen LogP contribution in [-0.4, -0.2) is 0 Å². The molecule has 2 rings (SSSR count). The summed E-state index contributed by atoms with van der Waals surface area (Å²) in [5, 5.41) is 0. The van der Waals surface area contributed by atoms with Crippen molar-refractivity contribution >= 4 is 0 Å². The van der Waals surface area contributed by atoms with Gasteiger partial charge in [0.2, 0.25) is 0 Å². The van der Waals surface area contributed by atoms with Crippen molar-refractivity contribution in [2.45, 2.75) is 25.7 Å². The second-order valence-corrected chi connectivity index (χ2v) is 3.48. The van der Waals surface area contributed by atoms with Gasteiger partial charge in [0.15, 0.2) is 0 Å². The molecule has 0 heterocycles. The van der Waals surface area contributed by atoms with Crippen LogP contribution in [0, 0.1) is 31.1 Å². The Balaban J connectivity index is 0.000000500. The van der Waals surface area contributed by atoms with E-state index in [0.717, 1.165) is 24.2 Å². The predicted molar refractivity (Wildman–Crippen MR) is 38.6 cm³/mol. The molecule has 0 saturated heterocycles. The second-order valence-electron chi connectivity index (χ2n) is 3.48. The standard InChI is InChI=1S/C9H14.Zr/c1-2-8-5-7-3-4-9(8)6-7;/h5,7-9H,1-4,6H2;/q-2;+2/t7?,8-,9?;/m0./s1. The van der Waals surface area contributed by atoms with Crippen LogP contribution in [0.1, 0.15) is 25.7 Å². The van der Waals surface area contributed by atoms with Crippen LogP contribution in [-0.2, 0) is 26.2 Å². The zero-order valence-corrected chi connectivity index (χ0v) is 8.80. The molecule has 54 valence electrons. The van der Waals surface area contributed by atoms with Gasteiger partial charge >= 0.3 is 26.2 Å². The molecule has 2 bridgehead atoms. The zero-order valence-electron chi connectivity index (χ0n) is 6.34. The van der Waals surface area contributed by atoms with E-state index in [1.807, 2.05) is 0 Å². The smallest absolute Gasteiger partial charge is 0.345 e. The van der Waals surface area contributed by atoms with Crippen LogP contribution in [0.25, 0.3) is 0 Å². The van der Waals surface area contributed by atoms with Crippen molar-refractivity contribution < 1.29 is 26.2 Å². The maximum atomic E-state index is 3.96. The summed E-state index contributed by atoms with van der Waals surface area (Å²) in [6.45, 7) is 3.96. The zero-order chi connectivity index (χ0) is 6.27. The van der Waals surface area contributed by atoms with Crippen LogP contribution >= 0.6 is 0 Å². The molecule has 0 nitrogen and oxygen atoms in total.